The van der Waals surface area contributed by atoms with Crippen LogP contribution in [0.1, 0.15) is 48.1 Å². The van der Waals surface area contributed by atoms with Crippen molar-refractivity contribution in [2.75, 3.05) is 29.1 Å². The van der Waals surface area contributed by atoms with Gasteiger partial charge in [-0.05, 0) is 43.5 Å². The molecule has 2 unspecified atom stereocenters. The van der Waals surface area contributed by atoms with Crippen LogP contribution in [-0.4, -0.2) is 68.1 Å². The minimum atomic E-state index is -1.33. The number of urea groups is 1. The maximum Gasteiger partial charge on any atom is 0.326 e. The van der Waals surface area contributed by atoms with Crippen LogP contribution in [0.4, 0.5) is 26.0 Å². The SMILES string of the molecule is CC(C)(C)c1cc(NC(=O)Nc2ncc(CCc3ccnc(NC(=O)CO)c3)s2)n(C(=O)C2NCCC2F)n1. The van der Waals surface area contributed by atoms with Crippen molar-refractivity contribution < 1.29 is 23.9 Å². The summed E-state index contributed by atoms with van der Waals surface area (Å²) in [5.74, 6) is -0.618. The van der Waals surface area contributed by atoms with Crippen molar-refractivity contribution in [3.8, 4) is 0 Å². The number of alkyl halides is 1. The molecular formula is C25H31FN8O4S. The van der Waals surface area contributed by atoms with Crippen LogP contribution in [0.15, 0.2) is 30.6 Å². The number of amides is 3. The third kappa shape index (κ3) is 7.22. The van der Waals surface area contributed by atoms with Crippen LogP contribution in [0.3, 0.4) is 0 Å². The van der Waals surface area contributed by atoms with E-state index in [9.17, 15) is 18.8 Å². The molecule has 0 aliphatic carbocycles. The summed E-state index contributed by atoms with van der Waals surface area (Å²) in [6, 6.07) is 3.53. The van der Waals surface area contributed by atoms with Gasteiger partial charge in [0.25, 0.3) is 11.8 Å². The molecule has 3 aromatic rings. The molecule has 39 heavy (non-hydrogen) atoms. The number of carbonyl (C=O) groups is 3. The van der Waals surface area contributed by atoms with Crippen LogP contribution in [0.2, 0.25) is 0 Å². The fraction of sp³-hybridized carbons (Fsp3) is 0.440. The number of aliphatic hydroxyl groups excluding tert-OH is 1. The van der Waals surface area contributed by atoms with Gasteiger partial charge in [0, 0.05) is 28.8 Å². The first-order valence-corrected chi connectivity index (χ1v) is 13.3. The zero-order chi connectivity index (χ0) is 28.2. The van der Waals surface area contributed by atoms with Crippen molar-refractivity contribution in [1.29, 1.82) is 0 Å². The minimum absolute atomic E-state index is 0.141. The molecule has 0 radical (unpaired) electrons. The van der Waals surface area contributed by atoms with E-state index in [1.165, 1.54) is 11.3 Å². The molecule has 4 heterocycles. The van der Waals surface area contributed by atoms with Gasteiger partial charge in [0.05, 0.1) is 5.69 Å². The minimum Gasteiger partial charge on any atom is -0.387 e. The lowest BCUT2D eigenvalue weighted by atomic mass is 9.92. The number of nitrogens with one attached hydrogen (secondary N) is 4. The van der Waals surface area contributed by atoms with E-state index in [1.54, 1.807) is 24.5 Å². The second-order valence-corrected chi connectivity index (χ2v) is 11.2. The number of rotatable bonds is 8. The molecule has 3 amide bonds. The van der Waals surface area contributed by atoms with Gasteiger partial charge in [-0.15, -0.1) is 11.3 Å². The summed E-state index contributed by atoms with van der Waals surface area (Å²) in [5, 5.41) is 24.3. The molecule has 0 spiro atoms. The molecule has 3 aromatic heterocycles. The van der Waals surface area contributed by atoms with Crippen LogP contribution in [0.25, 0.3) is 0 Å². The zero-order valence-corrected chi connectivity index (χ0v) is 22.6. The third-order valence-corrected chi connectivity index (χ3v) is 6.98. The van der Waals surface area contributed by atoms with Crippen LogP contribution in [-0.2, 0) is 23.1 Å². The van der Waals surface area contributed by atoms with E-state index < -0.39 is 42.1 Å². The highest BCUT2D eigenvalue weighted by Gasteiger charge is 2.36. The Balaban J connectivity index is 1.39. The molecule has 14 heteroatoms. The Kier molecular flexibility index (Phi) is 8.67. The van der Waals surface area contributed by atoms with Gasteiger partial charge in [-0.2, -0.15) is 9.78 Å². The monoisotopic (exact) mass is 558 g/mol. The average molecular weight is 559 g/mol. The molecular weight excluding hydrogens is 527 g/mol. The Hall–Kier alpha value is -3.75. The molecule has 0 saturated carbocycles. The first-order valence-electron chi connectivity index (χ1n) is 12.4. The van der Waals surface area contributed by atoms with Crippen molar-refractivity contribution in [1.82, 2.24) is 25.1 Å². The lowest BCUT2D eigenvalue weighted by molar-refractivity contribution is -0.118. The van der Waals surface area contributed by atoms with E-state index in [-0.39, 0.29) is 12.2 Å². The van der Waals surface area contributed by atoms with Crippen LogP contribution >= 0.6 is 11.3 Å². The molecule has 4 rings (SSSR count). The second kappa shape index (κ2) is 12.0. The normalized spacial score (nSPS) is 17.2. The topological polar surface area (TPSA) is 163 Å². The molecule has 12 nitrogen and oxygen atoms in total. The smallest absolute Gasteiger partial charge is 0.326 e. The highest BCUT2D eigenvalue weighted by atomic mass is 32.1. The van der Waals surface area contributed by atoms with E-state index in [4.69, 9.17) is 5.11 Å². The predicted octanol–water partition coefficient (Wildman–Crippen LogP) is 2.73. The highest BCUT2D eigenvalue weighted by molar-refractivity contribution is 7.15. The molecule has 0 bridgehead atoms. The first kappa shape index (κ1) is 28.3. The molecule has 0 aromatic carbocycles. The lowest BCUT2D eigenvalue weighted by Gasteiger charge is -2.15. The maximum absolute atomic E-state index is 14.2. The summed E-state index contributed by atoms with van der Waals surface area (Å²) in [4.78, 5) is 46.4. The van der Waals surface area contributed by atoms with E-state index >= 15 is 0 Å². The van der Waals surface area contributed by atoms with Crippen molar-refractivity contribution in [3.05, 3.63) is 46.7 Å². The molecule has 1 aliphatic rings. The van der Waals surface area contributed by atoms with E-state index in [0.717, 1.165) is 15.1 Å². The molecule has 1 fully saturated rings. The van der Waals surface area contributed by atoms with Gasteiger partial charge < -0.3 is 15.7 Å². The number of thiazole rings is 1. The van der Waals surface area contributed by atoms with Crippen molar-refractivity contribution in [2.24, 2.45) is 0 Å². The zero-order valence-electron chi connectivity index (χ0n) is 21.8. The fourth-order valence-electron chi connectivity index (χ4n) is 3.92. The van der Waals surface area contributed by atoms with E-state index in [2.05, 4.69) is 36.3 Å². The first-order chi connectivity index (χ1) is 18.5. The number of carbonyl (C=O) groups excluding carboxylic acids is 3. The highest BCUT2D eigenvalue weighted by Crippen LogP contribution is 2.26. The largest absolute Gasteiger partial charge is 0.387 e. The number of halogens is 1. The van der Waals surface area contributed by atoms with Crippen molar-refractivity contribution >= 4 is 45.9 Å². The van der Waals surface area contributed by atoms with Crippen LogP contribution in [0.5, 0.6) is 0 Å². The summed E-state index contributed by atoms with van der Waals surface area (Å²) >= 11 is 1.30. The molecule has 1 aliphatic heterocycles. The van der Waals surface area contributed by atoms with Crippen LogP contribution in [0, 0.1) is 0 Å². The summed E-state index contributed by atoms with van der Waals surface area (Å²) in [6.45, 7) is 5.55. The van der Waals surface area contributed by atoms with Gasteiger partial charge in [-0.1, -0.05) is 20.8 Å². The summed E-state index contributed by atoms with van der Waals surface area (Å²) in [7, 11) is 0. The number of aromatic nitrogens is 4. The summed E-state index contributed by atoms with van der Waals surface area (Å²) in [5.41, 5.74) is 1.10. The van der Waals surface area contributed by atoms with Gasteiger partial charge in [-0.3, -0.25) is 20.2 Å². The standard InChI is InChI=1S/C25H31FN8O4S/c1-25(2,3)17-11-19(34(33-17)22(37)21-16(26)7-9-28-21)31-23(38)32-24-29-12-15(39-24)5-4-14-6-8-27-18(10-14)30-20(36)13-35/h6,8,10-12,16,21,28,35H,4-5,7,9,13H2,1-3H3,(H,27,30,36)(H2,29,31,32,38). The maximum atomic E-state index is 14.2. The number of anilines is 3. The summed E-state index contributed by atoms with van der Waals surface area (Å²) in [6.07, 6.45) is 3.42. The second-order valence-electron chi connectivity index (χ2n) is 10.1. The number of hydrogen-bond donors (Lipinski definition) is 5. The number of nitrogens with zero attached hydrogens (tertiary/aromatic N) is 4. The number of pyridine rings is 1. The molecule has 1 saturated heterocycles. The Morgan fingerprint density at radius 1 is 1.18 bits per heavy atom. The van der Waals surface area contributed by atoms with Crippen LogP contribution < -0.4 is 21.3 Å². The summed E-state index contributed by atoms with van der Waals surface area (Å²) < 4.78 is 15.3. The van der Waals surface area contributed by atoms with Crippen molar-refractivity contribution in [3.63, 3.8) is 0 Å². The van der Waals surface area contributed by atoms with E-state index in [1.807, 2.05) is 26.8 Å². The Morgan fingerprint density at radius 2 is 1.97 bits per heavy atom. The van der Waals surface area contributed by atoms with E-state index in [0.29, 0.717) is 36.0 Å². The molecule has 5 N–H and O–H groups in total. The van der Waals surface area contributed by atoms with Gasteiger partial charge in [0.1, 0.15) is 30.5 Å². The molecule has 208 valence electrons. The number of aryl methyl sites for hydroxylation is 2. The molecule has 2 atom stereocenters. The van der Waals surface area contributed by atoms with Gasteiger partial charge in [0.15, 0.2) is 5.13 Å². The fourth-order valence-corrected chi connectivity index (χ4v) is 4.73. The van der Waals surface area contributed by atoms with Gasteiger partial charge in [0.2, 0.25) is 0 Å². The predicted molar refractivity (Wildman–Crippen MR) is 145 cm³/mol. The Labute approximate surface area is 228 Å². The Morgan fingerprint density at radius 3 is 2.67 bits per heavy atom. The Bertz CT molecular complexity index is 1350. The lowest BCUT2D eigenvalue weighted by Crippen LogP contribution is -2.41. The number of hydrogen-bond acceptors (Lipinski definition) is 9. The number of aliphatic hydroxyl groups is 1. The quantitative estimate of drug-likeness (QED) is 0.282. The van der Waals surface area contributed by atoms with Crippen molar-refractivity contribution in [2.45, 2.75) is 57.7 Å². The average Bonchev–Trinajstić information content (AvgIpc) is 3.62. The third-order valence-electron chi connectivity index (χ3n) is 6.01. The van der Waals surface area contributed by atoms with Gasteiger partial charge >= 0.3 is 6.03 Å². The van der Waals surface area contributed by atoms with Gasteiger partial charge in [-0.25, -0.2) is 19.2 Å².